The number of benzene rings is 1. The van der Waals surface area contributed by atoms with Gasteiger partial charge in [-0.05, 0) is 26.3 Å². The Balaban J connectivity index is 2.99. The molecule has 1 aromatic carbocycles. The van der Waals surface area contributed by atoms with E-state index in [1.807, 2.05) is 51.1 Å². The van der Waals surface area contributed by atoms with Crippen LogP contribution < -0.4 is 5.32 Å². The highest BCUT2D eigenvalue weighted by Crippen LogP contribution is 2.21. The Kier molecular flexibility index (Phi) is 4.87. The summed E-state index contributed by atoms with van der Waals surface area (Å²) >= 11 is 0. The number of hydrogen-bond donors (Lipinski definition) is 2. The largest absolute Gasteiger partial charge is 0.467 e. The van der Waals surface area contributed by atoms with E-state index >= 15 is 0 Å². The fourth-order valence-corrected chi connectivity index (χ4v) is 1.73. The molecule has 0 bridgehead atoms. The van der Waals surface area contributed by atoms with Crippen molar-refractivity contribution in [1.29, 1.82) is 0 Å². The fourth-order valence-electron chi connectivity index (χ4n) is 1.73. The maximum absolute atomic E-state index is 11.5. The summed E-state index contributed by atoms with van der Waals surface area (Å²) in [6.45, 7) is 5.94. The molecule has 0 amide bonds. The van der Waals surface area contributed by atoms with Crippen molar-refractivity contribution >= 4 is 5.97 Å². The van der Waals surface area contributed by atoms with Crippen LogP contribution in [0.4, 0.5) is 0 Å². The van der Waals surface area contributed by atoms with Crippen molar-refractivity contribution in [2.75, 3.05) is 7.11 Å². The third-order valence-electron chi connectivity index (χ3n) is 2.51. The van der Waals surface area contributed by atoms with E-state index in [0.717, 1.165) is 5.56 Å². The molecule has 0 radical (unpaired) electrons. The minimum absolute atomic E-state index is 0.227. The Morgan fingerprint density at radius 3 is 2.28 bits per heavy atom. The first kappa shape index (κ1) is 14.7. The monoisotopic (exact) mass is 251 g/mol. The number of aliphatic hydroxyl groups is 1. The molecular formula is C14H21NO3. The number of rotatable bonds is 4. The molecule has 0 aliphatic rings. The first-order valence-corrected chi connectivity index (χ1v) is 5.93. The molecule has 0 aliphatic carbocycles. The predicted molar refractivity (Wildman–Crippen MR) is 70.1 cm³/mol. The summed E-state index contributed by atoms with van der Waals surface area (Å²) in [4.78, 5) is 11.5. The van der Waals surface area contributed by atoms with Gasteiger partial charge in [-0.1, -0.05) is 30.3 Å². The second kappa shape index (κ2) is 5.98. The van der Waals surface area contributed by atoms with E-state index in [4.69, 9.17) is 0 Å². The molecule has 18 heavy (non-hydrogen) atoms. The van der Waals surface area contributed by atoms with Gasteiger partial charge in [-0.2, -0.15) is 0 Å². The van der Waals surface area contributed by atoms with E-state index in [-0.39, 0.29) is 5.54 Å². The lowest BCUT2D eigenvalue weighted by molar-refractivity contribution is -0.152. The summed E-state index contributed by atoms with van der Waals surface area (Å²) < 4.78 is 4.60. The van der Waals surface area contributed by atoms with Crippen LogP contribution >= 0.6 is 0 Å². The van der Waals surface area contributed by atoms with Crippen LogP contribution in [0.1, 0.15) is 32.4 Å². The summed E-state index contributed by atoms with van der Waals surface area (Å²) in [5, 5.41) is 13.3. The Morgan fingerprint density at radius 2 is 1.83 bits per heavy atom. The van der Waals surface area contributed by atoms with Crippen LogP contribution in [0, 0.1) is 0 Å². The highest BCUT2D eigenvalue weighted by molar-refractivity contribution is 5.75. The number of aliphatic hydroxyl groups excluding tert-OH is 1. The maximum Gasteiger partial charge on any atom is 0.336 e. The number of carbonyl (C=O) groups is 1. The van der Waals surface area contributed by atoms with Gasteiger partial charge in [0.05, 0.1) is 13.2 Å². The van der Waals surface area contributed by atoms with Crippen molar-refractivity contribution in [3.63, 3.8) is 0 Å². The van der Waals surface area contributed by atoms with E-state index < -0.39 is 18.1 Å². The van der Waals surface area contributed by atoms with E-state index in [1.165, 1.54) is 7.11 Å². The molecule has 0 saturated carbocycles. The van der Waals surface area contributed by atoms with Crippen molar-refractivity contribution in [1.82, 2.24) is 5.32 Å². The molecule has 0 fully saturated rings. The molecule has 100 valence electrons. The number of methoxy groups -OCH3 is 1. The number of carbonyl (C=O) groups excluding carboxylic acids is 1. The van der Waals surface area contributed by atoms with Gasteiger partial charge in [0.25, 0.3) is 0 Å². The molecule has 0 aliphatic heterocycles. The minimum Gasteiger partial charge on any atom is -0.467 e. The lowest BCUT2D eigenvalue weighted by atomic mass is 9.97. The molecule has 0 aromatic heterocycles. The highest BCUT2D eigenvalue weighted by atomic mass is 16.5. The second-order valence-corrected chi connectivity index (χ2v) is 5.25. The Bertz CT molecular complexity index is 384. The van der Waals surface area contributed by atoms with Crippen LogP contribution in [0.25, 0.3) is 0 Å². The molecule has 4 heteroatoms. The van der Waals surface area contributed by atoms with Crippen LogP contribution in [-0.4, -0.2) is 29.8 Å². The highest BCUT2D eigenvalue weighted by Gasteiger charge is 2.31. The smallest absolute Gasteiger partial charge is 0.336 e. The van der Waals surface area contributed by atoms with Crippen LogP contribution in [0.5, 0.6) is 0 Å². The average Bonchev–Trinajstić information content (AvgIpc) is 2.34. The Morgan fingerprint density at radius 1 is 1.28 bits per heavy atom. The van der Waals surface area contributed by atoms with Gasteiger partial charge in [0.1, 0.15) is 0 Å². The Labute approximate surface area is 108 Å². The third-order valence-corrected chi connectivity index (χ3v) is 2.51. The van der Waals surface area contributed by atoms with Gasteiger partial charge in [-0.15, -0.1) is 0 Å². The van der Waals surface area contributed by atoms with Crippen molar-refractivity contribution < 1.29 is 14.6 Å². The molecule has 1 unspecified atom stereocenters. The maximum atomic E-state index is 11.5. The molecule has 0 saturated heterocycles. The normalized spacial score (nSPS) is 14.9. The lowest BCUT2D eigenvalue weighted by Gasteiger charge is -2.31. The summed E-state index contributed by atoms with van der Waals surface area (Å²) in [6, 6.07) is 8.89. The predicted octanol–water partition coefficient (Wildman–Crippen LogP) is 1.65. The standard InChI is InChI=1S/C14H21NO3/c1-14(2,3)15-11(12(16)13(17)18-4)10-8-6-5-7-9-10/h5-9,11-12,15-16H,1-4H3/t11-,12?/m1/s1. The van der Waals surface area contributed by atoms with E-state index in [0.29, 0.717) is 0 Å². The third kappa shape index (κ3) is 4.13. The van der Waals surface area contributed by atoms with Crippen molar-refractivity contribution in [2.45, 2.75) is 38.5 Å². The average molecular weight is 251 g/mol. The van der Waals surface area contributed by atoms with Gasteiger partial charge in [0, 0.05) is 5.54 Å². The van der Waals surface area contributed by atoms with E-state index in [9.17, 15) is 9.90 Å². The number of hydrogen-bond acceptors (Lipinski definition) is 4. The summed E-state index contributed by atoms with van der Waals surface area (Å²) in [5.41, 5.74) is 0.625. The summed E-state index contributed by atoms with van der Waals surface area (Å²) in [7, 11) is 1.27. The topological polar surface area (TPSA) is 58.6 Å². The lowest BCUT2D eigenvalue weighted by Crippen LogP contribution is -2.46. The Hall–Kier alpha value is -1.39. The second-order valence-electron chi connectivity index (χ2n) is 5.25. The molecule has 0 spiro atoms. The molecule has 1 rings (SSSR count). The van der Waals surface area contributed by atoms with E-state index in [1.54, 1.807) is 0 Å². The first-order chi connectivity index (χ1) is 8.35. The van der Waals surface area contributed by atoms with Crippen LogP contribution in [0.3, 0.4) is 0 Å². The molecule has 2 N–H and O–H groups in total. The molecule has 2 atom stereocenters. The van der Waals surface area contributed by atoms with Gasteiger partial charge in [-0.25, -0.2) is 4.79 Å². The molecular weight excluding hydrogens is 230 g/mol. The zero-order valence-electron chi connectivity index (χ0n) is 11.3. The van der Waals surface area contributed by atoms with Gasteiger partial charge < -0.3 is 15.2 Å². The van der Waals surface area contributed by atoms with Crippen molar-refractivity contribution in [2.24, 2.45) is 0 Å². The number of esters is 1. The van der Waals surface area contributed by atoms with Crippen LogP contribution in [0.15, 0.2) is 30.3 Å². The molecule has 1 aromatic rings. The van der Waals surface area contributed by atoms with Crippen LogP contribution in [0.2, 0.25) is 0 Å². The minimum atomic E-state index is -1.23. The van der Waals surface area contributed by atoms with Gasteiger partial charge >= 0.3 is 5.97 Å². The van der Waals surface area contributed by atoms with Gasteiger partial charge in [-0.3, -0.25) is 0 Å². The van der Waals surface area contributed by atoms with Crippen molar-refractivity contribution in [3.05, 3.63) is 35.9 Å². The zero-order valence-corrected chi connectivity index (χ0v) is 11.3. The fraction of sp³-hybridized carbons (Fsp3) is 0.500. The SMILES string of the molecule is COC(=O)C(O)[C@H](NC(C)(C)C)c1ccccc1. The molecule has 0 heterocycles. The zero-order chi connectivity index (χ0) is 13.8. The van der Waals surface area contributed by atoms with E-state index in [2.05, 4.69) is 10.1 Å². The first-order valence-electron chi connectivity index (χ1n) is 5.93. The summed E-state index contributed by atoms with van der Waals surface area (Å²) in [6.07, 6.45) is -1.23. The number of nitrogens with one attached hydrogen (secondary N) is 1. The van der Waals surface area contributed by atoms with Crippen molar-refractivity contribution in [3.8, 4) is 0 Å². The summed E-state index contributed by atoms with van der Waals surface area (Å²) in [5.74, 6) is -0.638. The van der Waals surface area contributed by atoms with Crippen LogP contribution in [-0.2, 0) is 9.53 Å². The van der Waals surface area contributed by atoms with Gasteiger partial charge in [0.15, 0.2) is 6.10 Å². The van der Waals surface area contributed by atoms with Gasteiger partial charge in [0.2, 0.25) is 0 Å². The number of ether oxygens (including phenoxy) is 1. The molecule has 4 nitrogen and oxygen atoms in total. The quantitative estimate of drug-likeness (QED) is 0.799.